The van der Waals surface area contributed by atoms with Crippen LogP contribution in [0.15, 0.2) is 28.7 Å². The number of benzene rings is 1. The van der Waals surface area contributed by atoms with E-state index < -0.39 is 0 Å². The largest absolute Gasteiger partial charge is 0.451 e. The van der Waals surface area contributed by atoms with Gasteiger partial charge in [0.25, 0.3) is 5.91 Å². The maximum absolute atomic E-state index is 12.7. The first-order valence-electron chi connectivity index (χ1n) is 9.89. The monoisotopic (exact) mass is 426 g/mol. The predicted molar refractivity (Wildman–Crippen MR) is 119 cm³/mol. The van der Waals surface area contributed by atoms with Crippen LogP contribution in [0, 0.1) is 0 Å². The number of methoxy groups -OCH3 is 1. The first kappa shape index (κ1) is 23.1. The molecular formula is C21H31ClN2O3S. The van der Waals surface area contributed by atoms with Gasteiger partial charge in [0.15, 0.2) is 5.76 Å². The van der Waals surface area contributed by atoms with E-state index in [1.54, 1.807) is 7.11 Å². The highest BCUT2D eigenvalue weighted by atomic mass is 35.5. The molecule has 1 aliphatic carbocycles. The van der Waals surface area contributed by atoms with Gasteiger partial charge < -0.3 is 19.8 Å². The fourth-order valence-electron chi connectivity index (χ4n) is 3.50. The first-order valence-corrected chi connectivity index (χ1v) is 10.9. The van der Waals surface area contributed by atoms with Gasteiger partial charge in [-0.05, 0) is 18.9 Å². The lowest BCUT2D eigenvalue weighted by Crippen LogP contribution is -2.33. The highest BCUT2D eigenvalue weighted by Gasteiger charge is 2.22. The third kappa shape index (κ3) is 6.41. The van der Waals surface area contributed by atoms with Gasteiger partial charge in [0.05, 0.1) is 6.61 Å². The molecule has 1 saturated carbocycles. The minimum Gasteiger partial charge on any atom is -0.451 e. The van der Waals surface area contributed by atoms with Gasteiger partial charge in [-0.2, -0.15) is 11.8 Å². The van der Waals surface area contributed by atoms with Gasteiger partial charge in [-0.1, -0.05) is 37.5 Å². The number of carbonyl (C=O) groups excluding carboxylic acids is 1. The van der Waals surface area contributed by atoms with Gasteiger partial charge in [-0.15, -0.1) is 12.4 Å². The Morgan fingerprint density at radius 1 is 1.18 bits per heavy atom. The number of halogens is 1. The zero-order valence-corrected chi connectivity index (χ0v) is 18.1. The maximum Gasteiger partial charge on any atom is 0.287 e. The number of amides is 1. The van der Waals surface area contributed by atoms with Crippen LogP contribution in [0.3, 0.4) is 0 Å². The summed E-state index contributed by atoms with van der Waals surface area (Å²) in [6.07, 6.45) is 6.59. The van der Waals surface area contributed by atoms with E-state index >= 15 is 0 Å². The molecule has 1 heterocycles. The standard InChI is InChI=1S/C21H30N2O3S.ClH/c1-25-14-13-22-11-12-23-21(24)20-18(15-27-16-7-3-2-4-8-16)17-9-5-6-10-19(17)26-20;/h5-6,9-10,16,22H,2-4,7-8,11-15H2,1H3,(H,23,24);1H. The number of ether oxygens (including phenoxy) is 1. The first-order chi connectivity index (χ1) is 13.3. The molecule has 2 aromatic rings. The predicted octanol–water partition coefficient (Wildman–Crippen LogP) is 4.39. The van der Waals surface area contributed by atoms with Crippen molar-refractivity contribution in [2.75, 3.05) is 33.4 Å². The molecule has 1 aromatic heterocycles. The van der Waals surface area contributed by atoms with Crippen LogP contribution >= 0.6 is 24.2 Å². The van der Waals surface area contributed by atoms with Gasteiger partial charge in [0, 0.05) is 48.7 Å². The van der Waals surface area contributed by atoms with Crippen molar-refractivity contribution < 1.29 is 13.9 Å². The number of para-hydroxylation sites is 1. The lowest BCUT2D eigenvalue weighted by atomic mass is 10.0. The van der Waals surface area contributed by atoms with Crippen molar-refractivity contribution in [2.24, 2.45) is 0 Å². The van der Waals surface area contributed by atoms with Crippen LogP contribution in [-0.2, 0) is 10.5 Å². The van der Waals surface area contributed by atoms with E-state index in [1.807, 2.05) is 30.0 Å². The average molecular weight is 427 g/mol. The molecule has 1 amide bonds. The Labute approximate surface area is 177 Å². The van der Waals surface area contributed by atoms with Crippen LogP contribution in [0.1, 0.15) is 48.2 Å². The van der Waals surface area contributed by atoms with Crippen LogP contribution in [0.4, 0.5) is 0 Å². The maximum atomic E-state index is 12.7. The number of hydrogen-bond acceptors (Lipinski definition) is 5. The van der Waals surface area contributed by atoms with Crippen molar-refractivity contribution in [3.8, 4) is 0 Å². The number of carbonyl (C=O) groups is 1. The molecule has 0 radical (unpaired) electrons. The highest BCUT2D eigenvalue weighted by molar-refractivity contribution is 7.99. The molecule has 156 valence electrons. The summed E-state index contributed by atoms with van der Waals surface area (Å²) >= 11 is 1.97. The van der Waals surface area contributed by atoms with Gasteiger partial charge in [0.2, 0.25) is 0 Å². The Morgan fingerprint density at radius 3 is 2.75 bits per heavy atom. The van der Waals surface area contributed by atoms with Crippen molar-refractivity contribution in [2.45, 2.75) is 43.1 Å². The summed E-state index contributed by atoms with van der Waals surface area (Å²) in [5.41, 5.74) is 1.83. The topological polar surface area (TPSA) is 63.5 Å². The normalized spacial score (nSPS) is 14.8. The minimum atomic E-state index is -0.126. The van der Waals surface area contributed by atoms with E-state index in [9.17, 15) is 4.79 Å². The van der Waals surface area contributed by atoms with Gasteiger partial charge in [0.1, 0.15) is 5.58 Å². The smallest absolute Gasteiger partial charge is 0.287 e. The second-order valence-corrected chi connectivity index (χ2v) is 8.26. The van der Waals surface area contributed by atoms with Crippen molar-refractivity contribution >= 4 is 41.0 Å². The number of rotatable bonds is 10. The Hall–Kier alpha value is -1.21. The number of furan rings is 1. The molecule has 0 saturated heterocycles. The summed E-state index contributed by atoms with van der Waals surface area (Å²) in [6.45, 7) is 2.72. The molecule has 0 aliphatic heterocycles. The second kappa shape index (κ2) is 12.4. The van der Waals surface area contributed by atoms with E-state index in [-0.39, 0.29) is 18.3 Å². The third-order valence-corrected chi connectivity index (χ3v) is 6.39. The molecule has 2 N–H and O–H groups in total. The summed E-state index contributed by atoms with van der Waals surface area (Å²) in [5.74, 6) is 1.17. The molecule has 3 rings (SSSR count). The Kier molecular flexibility index (Phi) is 10.2. The van der Waals surface area contributed by atoms with Crippen LogP contribution in [-0.4, -0.2) is 44.5 Å². The molecule has 7 heteroatoms. The molecule has 1 aromatic carbocycles. The zero-order chi connectivity index (χ0) is 18.9. The molecule has 28 heavy (non-hydrogen) atoms. The highest BCUT2D eigenvalue weighted by Crippen LogP contribution is 2.34. The molecule has 0 bridgehead atoms. The molecular weight excluding hydrogens is 396 g/mol. The van der Waals surface area contributed by atoms with E-state index in [1.165, 1.54) is 32.1 Å². The minimum absolute atomic E-state index is 0. The van der Waals surface area contributed by atoms with Gasteiger partial charge in [-0.25, -0.2) is 0 Å². The second-order valence-electron chi connectivity index (χ2n) is 6.98. The molecule has 1 aliphatic rings. The molecule has 0 spiro atoms. The van der Waals surface area contributed by atoms with Crippen LogP contribution in [0.5, 0.6) is 0 Å². The lowest BCUT2D eigenvalue weighted by molar-refractivity contribution is 0.0927. The van der Waals surface area contributed by atoms with E-state index in [0.29, 0.717) is 30.7 Å². The van der Waals surface area contributed by atoms with Crippen molar-refractivity contribution in [1.29, 1.82) is 0 Å². The summed E-state index contributed by atoms with van der Waals surface area (Å²) in [5, 5.41) is 7.96. The zero-order valence-electron chi connectivity index (χ0n) is 16.5. The molecule has 0 unspecified atom stereocenters. The summed E-state index contributed by atoms with van der Waals surface area (Å²) in [7, 11) is 1.68. The SMILES string of the molecule is COCCNCCNC(=O)c1oc2ccccc2c1CSC1CCCCC1.Cl. The Morgan fingerprint density at radius 2 is 1.96 bits per heavy atom. The molecule has 0 atom stereocenters. The number of hydrogen-bond donors (Lipinski definition) is 2. The van der Waals surface area contributed by atoms with Gasteiger partial charge in [-0.3, -0.25) is 4.79 Å². The van der Waals surface area contributed by atoms with E-state index in [2.05, 4.69) is 16.7 Å². The molecule has 5 nitrogen and oxygen atoms in total. The van der Waals surface area contributed by atoms with Crippen LogP contribution in [0.2, 0.25) is 0 Å². The van der Waals surface area contributed by atoms with Crippen LogP contribution in [0.25, 0.3) is 11.0 Å². The number of nitrogens with one attached hydrogen (secondary N) is 2. The number of fused-ring (bicyclic) bond motifs is 1. The van der Waals surface area contributed by atoms with Crippen molar-refractivity contribution in [3.05, 3.63) is 35.6 Å². The third-order valence-electron chi connectivity index (χ3n) is 4.99. The molecule has 1 fully saturated rings. The Bertz CT molecular complexity index is 732. The summed E-state index contributed by atoms with van der Waals surface area (Å²) in [4.78, 5) is 12.7. The van der Waals surface area contributed by atoms with E-state index in [4.69, 9.17) is 9.15 Å². The quantitative estimate of drug-likeness (QED) is 0.552. The van der Waals surface area contributed by atoms with Crippen molar-refractivity contribution in [1.82, 2.24) is 10.6 Å². The van der Waals surface area contributed by atoms with Gasteiger partial charge >= 0.3 is 0 Å². The van der Waals surface area contributed by atoms with Crippen molar-refractivity contribution in [3.63, 3.8) is 0 Å². The average Bonchev–Trinajstić information content (AvgIpc) is 3.08. The Balaban J connectivity index is 0.00000280. The fraction of sp³-hybridized carbons (Fsp3) is 0.571. The lowest BCUT2D eigenvalue weighted by Gasteiger charge is -2.20. The fourth-order valence-corrected chi connectivity index (χ4v) is 4.86. The summed E-state index contributed by atoms with van der Waals surface area (Å²) < 4.78 is 10.9. The summed E-state index contributed by atoms with van der Waals surface area (Å²) in [6, 6.07) is 7.95. The van der Waals surface area contributed by atoms with E-state index in [0.717, 1.165) is 28.8 Å². The number of thioether (sulfide) groups is 1. The van der Waals surface area contributed by atoms with Crippen LogP contribution < -0.4 is 10.6 Å².